The topological polar surface area (TPSA) is 64.6 Å². The highest BCUT2D eigenvalue weighted by Gasteiger charge is 2.25. The molecule has 1 unspecified atom stereocenters. The monoisotopic (exact) mass is 307 g/mol. The molecule has 122 valence electrons. The van der Waals surface area contributed by atoms with Crippen molar-refractivity contribution in [2.45, 2.75) is 52.7 Å². The summed E-state index contributed by atoms with van der Waals surface area (Å²) >= 11 is 0. The third kappa shape index (κ3) is 6.61. The van der Waals surface area contributed by atoms with E-state index >= 15 is 0 Å². The minimum absolute atomic E-state index is 0.263. The number of ether oxygens (including phenoxy) is 2. The van der Waals surface area contributed by atoms with Gasteiger partial charge in [0.2, 0.25) is 0 Å². The molecule has 0 aromatic heterocycles. The lowest BCUT2D eigenvalue weighted by atomic mass is 10.0. The predicted molar refractivity (Wildman–Crippen MR) is 84.7 cm³/mol. The second-order valence-corrected chi connectivity index (χ2v) is 6.14. The summed E-state index contributed by atoms with van der Waals surface area (Å²) in [4.78, 5) is 23.9. The molecule has 1 aromatic carbocycles. The SMILES string of the molecule is CCOC(=O)C(Cc1ccc(C)cc1)NC(=O)OC(C)(C)C. The van der Waals surface area contributed by atoms with Crippen LogP contribution in [0.4, 0.5) is 4.79 Å². The van der Waals surface area contributed by atoms with Crippen molar-refractivity contribution in [1.82, 2.24) is 5.32 Å². The minimum Gasteiger partial charge on any atom is -0.464 e. The highest BCUT2D eigenvalue weighted by atomic mass is 16.6. The van der Waals surface area contributed by atoms with Gasteiger partial charge in [0.25, 0.3) is 0 Å². The largest absolute Gasteiger partial charge is 0.464 e. The van der Waals surface area contributed by atoms with Crippen LogP contribution in [-0.2, 0) is 20.7 Å². The Labute approximate surface area is 132 Å². The second kappa shape index (κ2) is 7.82. The van der Waals surface area contributed by atoms with Crippen molar-refractivity contribution in [3.8, 4) is 0 Å². The van der Waals surface area contributed by atoms with Gasteiger partial charge in [0.1, 0.15) is 11.6 Å². The summed E-state index contributed by atoms with van der Waals surface area (Å²) < 4.78 is 10.2. The molecule has 0 aliphatic carbocycles. The van der Waals surface area contributed by atoms with Gasteiger partial charge in [-0.15, -0.1) is 0 Å². The van der Waals surface area contributed by atoms with E-state index in [1.807, 2.05) is 31.2 Å². The van der Waals surface area contributed by atoms with Crippen LogP contribution in [0.15, 0.2) is 24.3 Å². The Bertz CT molecular complexity index is 502. The van der Waals surface area contributed by atoms with Gasteiger partial charge < -0.3 is 14.8 Å². The number of benzene rings is 1. The minimum atomic E-state index is -0.766. The summed E-state index contributed by atoms with van der Waals surface area (Å²) in [6.07, 6.45) is -0.268. The summed E-state index contributed by atoms with van der Waals surface area (Å²) in [6.45, 7) is 9.29. The first-order valence-corrected chi connectivity index (χ1v) is 7.43. The van der Waals surface area contributed by atoms with Gasteiger partial charge in [-0.1, -0.05) is 29.8 Å². The van der Waals surface area contributed by atoms with E-state index in [0.717, 1.165) is 11.1 Å². The molecule has 1 N–H and O–H groups in total. The quantitative estimate of drug-likeness (QED) is 0.849. The molecule has 0 spiro atoms. The van der Waals surface area contributed by atoms with E-state index in [1.54, 1.807) is 27.7 Å². The lowest BCUT2D eigenvalue weighted by Crippen LogP contribution is -2.45. The summed E-state index contributed by atoms with van der Waals surface area (Å²) in [7, 11) is 0. The Kier molecular flexibility index (Phi) is 6.40. The van der Waals surface area contributed by atoms with Crippen molar-refractivity contribution in [1.29, 1.82) is 0 Å². The molecule has 5 heteroatoms. The molecule has 0 aliphatic heterocycles. The molecule has 0 saturated heterocycles. The first-order chi connectivity index (χ1) is 10.2. The maximum absolute atomic E-state index is 12.0. The molecule has 0 saturated carbocycles. The molecule has 0 radical (unpaired) electrons. The van der Waals surface area contributed by atoms with Crippen molar-refractivity contribution in [2.75, 3.05) is 6.61 Å². The van der Waals surface area contributed by atoms with Gasteiger partial charge in [-0.2, -0.15) is 0 Å². The molecule has 22 heavy (non-hydrogen) atoms. The van der Waals surface area contributed by atoms with Gasteiger partial charge in [-0.25, -0.2) is 9.59 Å². The summed E-state index contributed by atoms with van der Waals surface area (Å²) in [5.74, 6) is -0.464. The Balaban J connectivity index is 2.77. The fourth-order valence-corrected chi connectivity index (χ4v) is 1.85. The molecule has 1 rings (SSSR count). The molecule has 0 heterocycles. The van der Waals surface area contributed by atoms with Gasteiger partial charge in [0.05, 0.1) is 6.61 Å². The van der Waals surface area contributed by atoms with E-state index < -0.39 is 23.7 Å². The van der Waals surface area contributed by atoms with Crippen molar-refractivity contribution >= 4 is 12.1 Å². The van der Waals surface area contributed by atoms with Gasteiger partial charge in [0.15, 0.2) is 0 Å². The van der Waals surface area contributed by atoms with Crippen molar-refractivity contribution in [2.24, 2.45) is 0 Å². The molecule has 0 fully saturated rings. The standard InChI is InChI=1S/C17H25NO4/c1-6-21-15(19)14(18-16(20)22-17(3,4)5)11-13-9-7-12(2)8-10-13/h7-10,14H,6,11H2,1-5H3,(H,18,20). The second-order valence-electron chi connectivity index (χ2n) is 6.14. The van der Waals surface area contributed by atoms with Gasteiger partial charge in [0, 0.05) is 6.42 Å². The van der Waals surface area contributed by atoms with Crippen LogP contribution in [-0.4, -0.2) is 30.3 Å². The van der Waals surface area contributed by atoms with E-state index in [1.165, 1.54) is 0 Å². The van der Waals surface area contributed by atoms with Gasteiger partial charge in [-0.3, -0.25) is 0 Å². The van der Waals surface area contributed by atoms with E-state index in [0.29, 0.717) is 6.42 Å². The maximum Gasteiger partial charge on any atom is 0.408 e. The van der Waals surface area contributed by atoms with Crippen molar-refractivity contribution < 1.29 is 19.1 Å². The number of carbonyl (C=O) groups is 2. The number of alkyl carbamates (subject to hydrolysis) is 1. The summed E-state index contributed by atoms with van der Waals surface area (Å²) in [5.41, 5.74) is 1.46. The van der Waals surface area contributed by atoms with Crippen LogP contribution in [0.1, 0.15) is 38.8 Å². The van der Waals surface area contributed by atoms with Crippen molar-refractivity contribution in [3.63, 3.8) is 0 Å². The summed E-state index contributed by atoms with van der Waals surface area (Å²) in [6, 6.07) is 7.02. The fourth-order valence-electron chi connectivity index (χ4n) is 1.85. The molecule has 1 atom stereocenters. The van der Waals surface area contributed by atoms with E-state index in [-0.39, 0.29) is 6.61 Å². The van der Waals surface area contributed by atoms with Crippen LogP contribution in [0.2, 0.25) is 0 Å². The summed E-state index contributed by atoms with van der Waals surface area (Å²) in [5, 5.41) is 2.59. The number of esters is 1. The first kappa shape index (κ1) is 18.0. The van der Waals surface area contributed by atoms with Crippen LogP contribution in [0, 0.1) is 6.92 Å². The smallest absolute Gasteiger partial charge is 0.408 e. The number of carbonyl (C=O) groups excluding carboxylic acids is 2. The van der Waals surface area contributed by atoms with Crippen LogP contribution in [0.5, 0.6) is 0 Å². The van der Waals surface area contributed by atoms with Crippen LogP contribution < -0.4 is 5.32 Å². The molecule has 0 bridgehead atoms. The molecular formula is C17H25NO4. The fraction of sp³-hybridized carbons (Fsp3) is 0.529. The van der Waals surface area contributed by atoms with Gasteiger partial charge >= 0.3 is 12.1 Å². The van der Waals surface area contributed by atoms with E-state index in [2.05, 4.69) is 5.32 Å². The highest BCUT2D eigenvalue weighted by molar-refractivity contribution is 5.81. The average molecular weight is 307 g/mol. The predicted octanol–water partition coefficient (Wildman–Crippen LogP) is 2.99. The van der Waals surface area contributed by atoms with Crippen molar-refractivity contribution in [3.05, 3.63) is 35.4 Å². The number of hydrogen-bond acceptors (Lipinski definition) is 4. The Morgan fingerprint density at radius 3 is 2.27 bits per heavy atom. The zero-order valence-corrected chi connectivity index (χ0v) is 13.9. The number of rotatable bonds is 5. The van der Waals surface area contributed by atoms with Gasteiger partial charge in [-0.05, 0) is 40.2 Å². The lowest BCUT2D eigenvalue weighted by Gasteiger charge is -2.23. The molecule has 0 aliphatic rings. The van der Waals surface area contributed by atoms with Crippen LogP contribution in [0.3, 0.4) is 0 Å². The Morgan fingerprint density at radius 2 is 1.77 bits per heavy atom. The Hall–Kier alpha value is -2.04. The molecule has 5 nitrogen and oxygen atoms in total. The maximum atomic E-state index is 12.0. The third-order valence-electron chi connectivity index (χ3n) is 2.82. The van der Waals surface area contributed by atoms with Crippen LogP contribution in [0.25, 0.3) is 0 Å². The van der Waals surface area contributed by atoms with E-state index in [4.69, 9.17) is 9.47 Å². The number of aryl methyl sites for hydroxylation is 1. The number of hydrogen-bond donors (Lipinski definition) is 1. The normalized spacial score (nSPS) is 12.4. The van der Waals surface area contributed by atoms with E-state index in [9.17, 15) is 9.59 Å². The zero-order valence-electron chi connectivity index (χ0n) is 13.9. The lowest BCUT2D eigenvalue weighted by molar-refractivity contribution is -0.145. The van der Waals surface area contributed by atoms with Crippen LogP contribution >= 0.6 is 0 Å². The molecular weight excluding hydrogens is 282 g/mol. The highest BCUT2D eigenvalue weighted by Crippen LogP contribution is 2.10. The molecule has 1 amide bonds. The third-order valence-corrected chi connectivity index (χ3v) is 2.82. The first-order valence-electron chi connectivity index (χ1n) is 7.43. The zero-order chi connectivity index (χ0) is 16.8. The average Bonchev–Trinajstić information content (AvgIpc) is 2.38. The number of nitrogens with one attached hydrogen (secondary N) is 1. The number of amides is 1. The Morgan fingerprint density at radius 1 is 1.18 bits per heavy atom. The molecule has 1 aromatic rings.